The third kappa shape index (κ3) is 2.03. The summed E-state index contributed by atoms with van der Waals surface area (Å²) in [6.07, 6.45) is 5.42. The Bertz CT molecular complexity index is 335. The minimum Gasteiger partial charge on any atom is -0.289 e. The number of carbonyl (C=O) groups is 1. The normalized spacial score (nSPS) is 9.58. The Morgan fingerprint density at radius 2 is 2.50 bits per heavy atom. The van der Waals surface area contributed by atoms with E-state index in [0.717, 1.165) is 6.08 Å². The first-order valence-corrected chi connectivity index (χ1v) is 3.35. The van der Waals surface area contributed by atoms with E-state index in [1.807, 2.05) is 0 Å². The average Bonchev–Trinajstić information content (AvgIpc) is 2.15. The molecule has 0 aliphatic carbocycles. The van der Waals surface area contributed by atoms with Gasteiger partial charge >= 0.3 is 0 Å². The lowest BCUT2D eigenvalue weighted by atomic mass is 10.2. The van der Waals surface area contributed by atoms with Gasteiger partial charge in [-0.25, -0.2) is 0 Å². The summed E-state index contributed by atoms with van der Waals surface area (Å²) in [6.45, 7) is 0. The second kappa shape index (κ2) is 4.04. The maximum atomic E-state index is 11.1. The fraction of sp³-hybridized carbons (Fsp3) is 0. The van der Waals surface area contributed by atoms with Gasteiger partial charge in [0.2, 0.25) is 0 Å². The van der Waals surface area contributed by atoms with Crippen molar-refractivity contribution in [2.75, 3.05) is 0 Å². The number of nitriles is 1. The van der Waals surface area contributed by atoms with Crippen LogP contribution in [0.5, 0.6) is 0 Å². The van der Waals surface area contributed by atoms with Crippen LogP contribution in [0.1, 0.15) is 10.4 Å². The zero-order chi connectivity index (χ0) is 8.81. The molecule has 3 heteroatoms. The molecule has 0 bridgehead atoms. The molecular weight excluding hydrogens is 152 g/mol. The van der Waals surface area contributed by atoms with Crippen LogP contribution in [0.25, 0.3) is 0 Å². The number of aromatic nitrogens is 1. The van der Waals surface area contributed by atoms with Crippen molar-refractivity contribution >= 4 is 5.78 Å². The van der Waals surface area contributed by atoms with Gasteiger partial charge in [0.25, 0.3) is 0 Å². The number of carbonyl (C=O) groups excluding carboxylic acids is 1. The van der Waals surface area contributed by atoms with Gasteiger partial charge in [-0.05, 0) is 18.2 Å². The van der Waals surface area contributed by atoms with Crippen LogP contribution in [0, 0.1) is 11.3 Å². The second-order valence-corrected chi connectivity index (χ2v) is 2.07. The van der Waals surface area contributed by atoms with Crippen LogP contribution < -0.4 is 0 Å². The van der Waals surface area contributed by atoms with E-state index in [2.05, 4.69) is 4.98 Å². The first kappa shape index (κ1) is 8.15. The van der Waals surface area contributed by atoms with Crippen LogP contribution in [-0.4, -0.2) is 10.8 Å². The van der Waals surface area contributed by atoms with Crippen LogP contribution in [0.4, 0.5) is 0 Å². The quantitative estimate of drug-likeness (QED) is 0.371. The first-order valence-electron chi connectivity index (χ1n) is 3.35. The summed E-state index contributed by atoms with van der Waals surface area (Å²) >= 11 is 0. The number of rotatable bonds is 2. The van der Waals surface area contributed by atoms with Crippen molar-refractivity contribution in [3.05, 3.63) is 42.2 Å². The zero-order valence-corrected chi connectivity index (χ0v) is 6.27. The minimum atomic E-state index is -0.204. The Labute approximate surface area is 70.0 Å². The van der Waals surface area contributed by atoms with Gasteiger partial charge in [0.1, 0.15) is 0 Å². The van der Waals surface area contributed by atoms with Gasteiger partial charge in [0.15, 0.2) is 5.78 Å². The molecule has 1 aromatic heterocycles. The molecule has 0 spiro atoms. The van der Waals surface area contributed by atoms with Gasteiger partial charge in [0.05, 0.1) is 6.07 Å². The maximum Gasteiger partial charge on any atom is 0.188 e. The molecule has 0 saturated carbocycles. The van der Waals surface area contributed by atoms with E-state index in [1.165, 1.54) is 12.3 Å². The van der Waals surface area contributed by atoms with Gasteiger partial charge in [-0.1, -0.05) is 0 Å². The summed E-state index contributed by atoms with van der Waals surface area (Å²) in [5.41, 5.74) is 0.490. The predicted octanol–water partition coefficient (Wildman–Crippen LogP) is 1.34. The number of hydrogen-bond acceptors (Lipinski definition) is 3. The van der Waals surface area contributed by atoms with Crippen molar-refractivity contribution in [1.82, 2.24) is 4.98 Å². The van der Waals surface area contributed by atoms with Crippen LogP contribution in [-0.2, 0) is 0 Å². The fourth-order valence-corrected chi connectivity index (χ4v) is 0.718. The smallest absolute Gasteiger partial charge is 0.188 e. The van der Waals surface area contributed by atoms with Crippen molar-refractivity contribution in [2.24, 2.45) is 0 Å². The summed E-state index contributed by atoms with van der Waals surface area (Å²) < 4.78 is 0. The lowest BCUT2D eigenvalue weighted by Gasteiger charge is -1.90. The monoisotopic (exact) mass is 158 g/mol. The summed E-state index contributed by atoms with van der Waals surface area (Å²) in [7, 11) is 0. The topological polar surface area (TPSA) is 53.8 Å². The Kier molecular flexibility index (Phi) is 2.74. The number of allylic oxidation sites excluding steroid dienone is 2. The van der Waals surface area contributed by atoms with E-state index in [0.29, 0.717) is 5.56 Å². The Hall–Kier alpha value is -1.95. The third-order valence-corrected chi connectivity index (χ3v) is 1.26. The number of hydrogen-bond donors (Lipinski definition) is 0. The van der Waals surface area contributed by atoms with E-state index < -0.39 is 0 Å². The highest BCUT2D eigenvalue weighted by atomic mass is 16.1. The van der Waals surface area contributed by atoms with Crippen LogP contribution in [0.2, 0.25) is 0 Å². The molecule has 1 heterocycles. The lowest BCUT2D eigenvalue weighted by molar-refractivity contribution is 0.104. The largest absolute Gasteiger partial charge is 0.289 e. The Morgan fingerprint density at radius 3 is 3.08 bits per heavy atom. The van der Waals surface area contributed by atoms with E-state index >= 15 is 0 Å². The molecule has 1 rings (SSSR count). The summed E-state index contributed by atoms with van der Waals surface area (Å²) in [5.74, 6) is -0.204. The summed E-state index contributed by atoms with van der Waals surface area (Å²) in [4.78, 5) is 14.9. The first-order chi connectivity index (χ1) is 5.84. The van der Waals surface area contributed by atoms with Gasteiger partial charge in [-0.15, -0.1) is 0 Å². The molecular formula is C9H6N2O. The number of pyridine rings is 1. The molecule has 12 heavy (non-hydrogen) atoms. The zero-order valence-electron chi connectivity index (χ0n) is 6.27. The molecule has 0 radical (unpaired) electrons. The second-order valence-electron chi connectivity index (χ2n) is 2.07. The van der Waals surface area contributed by atoms with Crippen LogP contribution in [0.15, 0.2) is 36.7 Å². The molecule has 58 valence electrons. The molecule has 0 fully saturated rings. The lowest BCUT2D eigenvalue weighted by Crippen LogP contribution is -1.93. The van der Waals surface area contributed by atoms with E-state index in [1.54, 1.807) is 24.4 Å². The molecule has 0 unspecified atom stereocenters. The van der Waals surface area contributed by atoms with Crippen molar-refractivity contribution in [3.8, 4) is 6.07 Å². The average molecular weight is 158 g/mol. The molecule has 0 amide bonds. The molecule has 0 aliphatic heterocycles. The highest BCUT2D eigenvalue weighted by Crippen LogP contribution is 1.97. The molecule has 0 N–H and O–H groups in total. The van der Waals surface area contributed by atoms with Gasteiger partial charge in [0, 0.05) is 24.0 Å². The SMILES string of the molecule is N#CC=CC(=O)c1cccnc1. The Morgan fingerprint density at radius 1 is 1.67 bits per heavy atom. The van der Waals surface area contributed by atoms with Crippen LogP contribution >= 0.6 is 0 Å². The van der Waals surface area contributed by atoms with Gasteiger partial charge in [-0.3, -0.25) is 9.78 Å². The van der Waals surface area contributed by atoms with Gasteiger partial charge < -0.3 is 0 Å². The fourth-order valence-electron chi connectivity index (χ4n) is 0.718. The van der Waals surface area contributed by atoms with Crippen molar-refractivity contribution in [1.29, 1.82) is 5.26 Å². The summed E-state index contributed by atoms with van der Waals surface area (Å²) in [6, 6.07) is 5.07. The maximum absolute atomic E-state index is 11.1. The number of ketones is 1. The minimum absolute atomic E-state index is 0.204. The predicted molar refractivity (Wildman–Crippen MR) is 43.3 cm³/mol. The molecule has 0 saturated heterocycles. The van der Waals surface area contributed by atoms with Crippen molar-refractivity contribution in [3.63, 3.8) is 0 Å². The molecule has 1 aromatic rings. The van der Waals surface area contributed by atoms with Gasteiger partial charge in [-0.2, -0.15) is 5.26 Å². The molecule has 0 aliphatic rings. The standard InChI is InChI=1S/C9H6N2O/c10-5-1-4-9(12)8-3-2-6-11-7-8/h1-4,6-7H. The van der Waals surface area contributed by atoms with E-state index in [4.69, 9.17) is 5.26 Å². The van der Waals surface area contributed by atoms with Crippen molar-refractivity contribution < 1.29 is 4.79 Å². The highest BCUT2D eigenvalue weighted by molar-refractivity contribution is 6.04. The van der Waals surface area contributed by atoms with E-state index in [9.17, 15) is 4.79 Å². The van der Waals surface area contributed by atoms with Crippen LogP contribution in [0.3, 0.4) is 0 Å². The Balaban J connectivity index is 2.81. The van der Waals surface area contributed by atoms with Crippen molar-refractivity contribution in [2.45, 2.75) is 0 Å². The molecule has 3 nitrogen and oxygen atoms in total. The summed E-state index contributed by atoms with van der Waals surface area (Å²) in [5, 5.41) is 8.16. The van der Waals surface area contributed by atoms with E-state index in [-0.39, 0.29) is 5.78 Å². The number of nitrogens with zero attached hydrogens (tertiary/aromatic N) is 2. The molecule has 0 atom stereocenters. The molecule has 0 aromatic carbocycles. The third-order valence-electron chi connectivity index (χ3n) is 1.26. The highest BCUT2D eigenvalue weighted by Gasteiger charge is 1.98.